The molecule has 80 valence electrons. The van der Waals surface area contributed by atoms with Crippen LogP contribution in [0.1, 0.15) is 46.0 Å². The van der Waals surface area contributed by atoms with Gasteiger partial charge >= 0.3 is 0 Å². The predicted molar refractivity (Wildman–Crippen MR) is 57.3 cm³/mol. The highest BCUT2D eigenvalue weighted by Crippen LogP contribution is 2.30. The summed E-state index contributed by atoms with van der Waals surface area (Å²) < 4.78 is 5.68. The molecule has 1 rings (SSSR count). The molecular formula is C12H20O2. The molecule has 1 fully saturated rings. The first-order chi connectivity index (χ1) is 6.53. The minimum absolute atomic E-state index is 0.0248. The largest absolute Gasteiger partial charge is 0.367 e. The Hall–Kier alpha value is -0.630. The topological polar surface area (TPSA) is 26.3 Å². The average molecular weight is 196 g/mol. The van der Waals surface area contributed by atoms with E-state index in [0.717, 1.165) is 12.8 Å². The van der Waals surface area contributed by atoms with Gasteiger partial charge in [-0.3, -0.25) is 4.79 Å². The van der Waals surface area contributed by atoms with Crippen LogP contribution in [0.15, 0.2) is 12.2 Å². The van der Waals surface area contributed by atoms with E-state index in [4.69, 9.17) is 4.74 Å². The average Bonchev–Trinajstić information content (AvgIpc) is 2.15. The summed E-state index contributed by atoms with van der Waals surface area (Å²) in [5.74, 6) is 0.0248. The molecule has 2 heteroatoms. The standard InChI is InChI=1S/C12H20O2/c1-10(2)11(13)9-14-12(3)7-5-4-6-8-12/h1,4-9H2,2-3H3. The molecule has 0 aromatic rings. The fourth-order valence-corrected chi connectivity index (χ4v) is 1.81. The van der Waals surface area contributed by atoms with Gasteiger partial charge in [0.2, 0.25) is 0 Å². The Kier molecular flexibility index (Phi) is 3.87. The molecule has 0 aromatic heterocycles. The number of hydrogen-bond acceptors (Lipinski definition) is 2. The van der Waals surface area contributed by atoms with Crippen molar-refractivity contribution < 1.29 is 9.53 Å². The molecule has 14 heavy (non-hydrogen) atoms. The van der Waals surface area contributed by atoms with Gasteiger partial charge in [0.1, 0.15) is 6.61 Å². The second kappa shape index (κ2) is 4.74. The zero-order valence-corrected chi connectivity index (χ0v) is 9.27. The molecule has 0 radical (unpaired) electrons. The third-order valence-corrected chi connectivity index (χ3v) is 2.94. The number of rotatable bonds is 4. The van der Waals surface area contributed by atoms with Crippen LogP contribution >= 0.6 is 0 Å². The van der Waals surface area contributed by atoms with E-state index in [1.54, 1.807) is 6.92 Å². The Morgan fingerprint density at radius 1 is 1.36 bits per heavy atom. The Labute approximate surface area is 86.3 Å². The third kappa shape index (κ3) is 3.26. The quantitative estimate of drug-likeness (QED) is 0.646. The Bertz CT molecular complexity index is 224. The van der Waals surface area contributed by atoms with E-state index < -0.39 is 0 Å². The van der Waals surface area contributed by atoms with Gasteiger partial charge in [-0.2, -0.15) is 0 Å². The predicted octanol–water partition coefficient (Wildman–Crippen LogP) is 2.87. The molecule has 0 aromatic carbocycles. The maximum absolute atomic E-state index is 11.3. The molecule has 2 nitrogen and oxygen atoms in total. The minimum Gasteiger partial charge on any atom is -0.367 e. The lowest BCUT2D eigenvalue weighted by Crippen LogP contribution is -2.33. The molecule has 0 amide bonds. The second-order valence-electron chi connectivity index (χ2n) is 4.50. The first-order valence-electron chi connectivity index (χ1n) is 5.36. The van der Waals surface area contributed by atoms with Crippen LogP contribution in [-0.2, 0) is 9.53 Å². The second-order valence-corrected chi connectivity index (χ2v) is 4.50. The van der Waals surface area contributed by atoms with Crippen molar-refractivity contribution in [1.82, 2.24) is 0 Å². The van der Waals surface area contributed by atoms with Gasteiger partial charge in [-0.15, -0.1) is 0 Å². The van der Waals surface area contributed by atoms with Gasteiger partial charge in [0.25, 0.3) is 0 Å². The molecular weight excluding hydrogens is 176 g/mol. The fraction of sp³-hybridized carbons (Fsp3) is 0.750. The number of hydrogen-bond donors (Lipinski definition) is 0. The number of carbonyl (C=O) groups is 1. The minimum atomic E-state index is -0.0661. The summed E-state index contributed by atoms with van der Waals surface area (Å²) in [7, 11) is 0. The van der Waals surface area contributed by atoms with Crippen molar-refractivity contribution in [2.24, 2.45) is 0 Å². The maximum Gasteiger partial charge on any atom is 0.183 e. The normalized spacial score (nSPS) is 20.4. The van der Waals surface area contributed by atoms with E-state index in [-0.39, 0.29) is 18.0 Å². The first kappa shape index (κ1) is 11.4. The molecule has 1 aliphatic rings. The summed E-state index contributed by atoms with van der Waals surface area (Å²) in [4.78, 5) is 11.3. The van der Waals surface area contributed by atoms with Crippen LogP contribution in [-0.4, -0.2) is 18.0 Å². The van der Waals surface area contributed by atoms with E-state index in [0.29, 0.717) is 5.57 Å². The van der Waals surface area contributed by atoms with E-state index in [1.807, 2.05) is 0 Å². The van der Waals surface area contributed by atoms with E-state index >= 15 is 0 Å². The van der Waals surface area contributed by atoms with Gasteiger partial charge < -0.3 is 4.74 Å². The molecule has 0 N–H and O–H groups in total. The zero-order valence-electron chi connectivity index (χ0n) is 9.27. The van der Waals surface area contributed by atoms with Gasteiger partial charge in [0.15, 0.2) is 5.78 Å². The Balaban J connectivity index is 2.35. The van der Waals surface area contributed by atoms with Crippen molar-refractivity contribution in [2.45, 2.75) is 51.6 Å². The lowest BCUT2D eigenvalue weighted by Gasteiger charge is -2.33. The highest BCUT2D eigenvalue weighted by atomic mass is 16.5. The molecule has 0 aliphatic heterocycles. The lowest BCUT2D eigenvalue weighted by atomic mass is 9.86. The summed E-state index contributed by atoms with van der Waals surface area (Å²) in [6.45, 7) is 7.65. The number of ketones is 1. The smallest absolute Gasteiger partial charge is 0.183 e. The van der Waals surface area contributed by atoms with Crippen molar-refractivity contribution in [2.75, 3.05) is 6.61 Å². The molecule has 0 atom stereocenters. The summed E-state index contributed by atoms with van der Waals surface area (Å²) in [5, 5.41) is 0. The van der Waals surface area contributed by atoms with Crippen LogP contribution < -0.4 is 0 Å². The third-order valence-electron chi connectivity index (χ3n) is 2.94. The van der Waals surface area contributed by atoms with Crippen LogP contribution in [0.2, 0.25) is 0 Å². The van der Waals surface area contributed by atoms with Crippen molar-refractivity contribution in [3.63, 3.8) is 0 Å². The van der Waals surface area contributed by atoms with Gasteiger partial charge in [-0.05, 0) is 32.3 Å². The van der Waals surface area contributed by atoms with Crippen molar-refractivity contribution in [3.05, 3.63) is 12.2 Å². The van der Waals surface area contributed by atoms with Gasteiger partial charge in [0, 0.05) is 0 Å². The molecule has 1 saturated carbocycles. The van der Waals surface area contributed by atoms with Crippen LogP contribution in [0.5, 0.6) is 0 Å². The summed E-state index contributed by atoms with van der Waals surface area (Å²) in [5.41, 5.74) is 0.521. The van der Waals surface area contributed by atoms with Crippen LogP contribution in [0.3, 0.4) is 0 Å². The van der Waals surface area contributed by atoms with E-state index in [2.05, 4.69) is 13.5 Å². The van der Waals surface area contributed by atoms with Gasteiger partial charge in [-0.25, -0.2) is 0 Å². The number of carbonyl (C=O) groups excluding carboxylic acids is 1. The number of Topliss-reactive ketones (excluding diaryl/α,β-unsaturated/α-hetero) is 1. The number of ether oxygens (including phenoxy) is 1. The van der Waals surface area contributed by atoms with E-state index in [9.17, 15) is 4.79 Å². The van der Waals surface area contributed by atoms with E-state index in [1.165, 1.54) is 19.3 Å². The maximum atomic E-state index is 11.3. The van der Waals surface area contributed by atoms with Gasteiger partial charge in [0.05, 0.1) is 5.60 Å². The van der Waals surface area contributed by atoms with Crippen molar-refractivity contribution >= 4 is 5.78 Å². The highest BCUT2D eigenvalue weighted by Gasteiger charge is 2.28. The monoisotopic (exact) mass is 196 g/mol. The molecule has 0 unspecified atom stereocenters. The van der Waals surface area contributed by atoms with Gasteiger partial charge in [-0.1, -0.05) is 25.8 Å². The molecule has 0 saturated heterocycles. The SMILES string of the molecule is C=C(C)C(=O)COC1(C)CCCCC1. The fourth-order valence-electron chi connectivity index (χ4n) is 1.81. The summed E-state index contributed by atoms with van der Waals surface area (Å²) >= 11 is 0. The van der Waals surface area contributed by atoms with Crippen molar-refractivity contribution in [1.29, 1.82) is 0 Å². The van der Waals surface area contributed by atoms with Crippen LogP contribution in [0.25, 0.3) is 0 Å². The summed E-state index contributed by atoms with van der Waals surface area (Å²) in [6.07, 6.45) is 5.90. The first-order valence-corrected chi connectivity index (χ1v) is 5.36. The van der Waals surface area contributed by atoms with Crippen LogP contribution in [0.4, 0.5) is 0 Å². The Morgan fingerprint density at radius 3 is 2.43 bits per heavy atom. The lowest BCUT2D eigenvalue weighted by molar-refractivity contribution is -0.128. The summed E-state index contributed by atoms with van der Waals surface area (Å²) in [6, 6.07) is 0. The van der Waals surface area contributed by atoms with Crippen molar-refractivity contribution in [3.8, 4) is 0 Å². The Morgan fingerprint density at radius 2 is 1.93 bits per heavy atom. The molecule has 0 spiro atoms. The molecule has 1 aliphatic carbocycles. The highest BCUT2D eigenvalue weighted by molar-refractivity contribution is 5.95. The molecule has 0 bridgehead atoms. The van der Waals surface area contributed by atoms with Crippen LogP contribution in [0, 0.1) is 0 Å². The zero-order chi connectivity index (χ0) is 10.6. The molecule has 0 heterocycles.